The van der Waals surface area contributed by atoms with E-state index in [9.17, 15) is 0 Å². The number of hydrogen-bond donors (Lipinski definition) is 0. The third-order valence-corrected chi connectivity index (χ3v) is 1.89. The smallest absolute Gasteiger partial charge is 0.433 e. The molecule has 0 heterocycles. The molecule has 0 amide bonds. The van der Waals surface area contributed by atoms with E-state index in [-0.39, 0.29) is 51.4 Å². The van der Waals surface area contributed by atoms with E-state index in [0.717, 1.165) is 10.6 Å². The Bertz CT molecular complexity index is 94.1. The van der Waals surface area contributed by atoms with Crippen molar-refractivity contribution in [1.29, 1.82) is 0 Å². The van der Waals surface area contributed by atoms with Crippen LogP contribution in [0, 0.1) is 0 Å². The zero-order valence-electron chi connectivity index (χ0n) is 7.56. The third-order valence-electron chi connectivity index (χ3n) is 1.48. The summed E-state index contributed by atoms with van der Waals surface area (Å²) < 4.78 is 0.747. The molecule has 0 atom stereocenters. The Hall–Kier alpha value is 1.95. The molecule has 0 fully saturated rings. The van der Waals surface area contributed by atoms with Gasteiger partial charge in [-0.15, -0.1) is 0 Å². The Morgan fingerprint density at radius 1 is 1.18 bits per heavy atom. The predicted octanol–water partition coefficient (Wildman–Crippen LogP) is 0.225. The summed E-state index contributed by atoms with van der Waals surface area (Å²) in [7, 11) is 0. The standard InChI is InChI=1S/C8H16S2.K/c1-2-3-4-5-6-7-8(9)10;/h2-7H2,1H3,(H,9,10);/q;+1/p-1. The van der Waals surface area contributed by atoms with Gasteiger partial charge < -0.3 is 24.8 Å². The maximum atomic E-state index is 4.79. The second-order valence-corrected chi connectivity index (χ2v) is 3.78. The molecule has 0 nitrogen and oxygen atoms in total. The van der Waals surface area contributed by atoms with E-state index < -0.39 is 0 Å². The van der Waals surface area contributed by atoms with Crippen LogP contribution in [0.3, 0.4) is 0 Å². The van der Waals surface area contributed by atoms with Crippen molar-refractivity contribution < 1.29 is 51.4 Å². The van der Waals surface area contributed by atoms with Crippen LogP contribution in [0.15, 0.2) is 0 Å². The molecule has 0 aliphatic rings. The van der Waals surface area contributed by atoms with Gasteiger partial charge in [0.1, 0.15) is 0 Å². The number of hydrogen-bond acceptors (Lipinski definition) is 2. The molecule has 0 bridgehead atoms. The zero-order chi connectivity index (χ0) is 7.82. The molecule has 0 N–H and O–H groups in total. The van der Waals surface area contributed by atoms with E-state index in [0.29, 0.717) is 0 Å². The molecule has 11 heavy (non-hydrogen) atoms. The summed E-state index contributed by atoms with van der Waals surface area (Å²) in [6.45, 7) is 2.22. The zero-order valence-corrected chi connectivity index (χ0v) is 12.3. The van der Waals surface area contributed by atoms with Gasteiger partial charge in [0, 0.05) is 0 Å². The van der Waals surface area contributed by atoms with Crippen LogP contribution >= 0.6 is 12.2 Å². The average molecular weight is 214 g/mol. The Morgan fingerprint density at radius 3 is 2.18 bits per heavy atom. The van der Waals surface area contributed by atoms with E-state index in [2.05, 4.69) is 6.92 Å². The molecule has 0 saturated heterocycles. The van der Waals surface area contributed by atoms with Crippen molar-refractivity contribution in [1.82, 2.24) is 0 Å². The Labute approximate surface area is 124 Å². The largest absolute Gasteiger partial charge is 1.00 e. The summed E-state index contributed by atoms with van der Waals surface area (Å²) in [6.07, 6.45) is 7.46. The molecule has 0 spiro atoms. The van der Waals surface area contributed by atoms with E-state index >= 15 is 0 Å². The van der Waals surface area contributed by atoms with Gasteiger partial charge in [0.05, 0.1) is 0 Å². The summed E-state index contributed by atoms with van der Waals surface area (Å²) in [5.74, 6) is 0. The maximum Gasteiger partial charge on any atom is 1.00 e. The van der Waals surface area contributed by atoms with E-state index in [4.69, 9.17) is 24.8 Å². The molecule has 0 aliphatic heterocycles. The summed E-state index contributed by atoms with van der Waals surface area (Å²) in [5, 5.41) is 0. The molecular weight excluding hydrogens is 199 g/mol. The summed E-state index contributed by atoms with van der Waals surface area (Å²) in [6, 6.07) is 0. The van der Waals surface area contributed by atoms with Crippen LogP contribution in [0.2, 0.25) is 0 Å². The number of unbranched alkanes of at least 4 members (excludes halogenated alkanes) is 4. The van der Waals surface area contributed by atoms with Gasteiger partial charge in [-0.2, -0.15) is 4.20 Å². The van der Waals surface area contributed by atoms with Gasteiger partial charge in [0.25, 0.3) is 0 Å². The quantitative estimate of drug-likeness (QED) is 0.269. The van der Waals surface area contributed by atoms with Crippen molar-refractivity contribution in [2.24, 2.45) is 0 Å². The molecule has 0 unspecified atom stereocenters. The molecule has 0 aliphatic carbocycles. The monoisotopic (exact) mass is 214 g/mol. The first-order valence-corrected chi connectivity index (χ1v) is 4.79. The van der Waals surface area contributed by atoms with Crippen LogP contribution in [-0.4, -0.2) is 4.20 Å². The topological polar surface area (TPSA) is 0 Å². The molecule has 3 heteroatoms. The number of thiocarbonyl (C=S) groups is 1. The Balaban J connectivity index is 0. The van der Waals surface area contributed by atoms with Gasteiger partial charge in [0.2, 0.25) is 0 Å². The molecule has 0 rings (SSSR count). The van der Waals surface area contributed by atoms with Crippen molar-refractivity contribution in [2.45, 2.75) is 45.4 Å². The normalized spacial score (nSPS) is 8.82. The van der Waals surface area contributed by atoms with Crippen LogP contribution < -0.4 is 51.4 Å². The SMILES string of the molecule is CCCCCCCC(=S)[S-].[K+]. The maximum absolute atomic E-state index is 4.79. The van der Waals surface area contributed by atoms with Crippen LogP contribution in [-0.2, 0) is 12.6 Å². The first-order valence-electron chi connectivity index (χ1n) is 3.97. The fourth-order valence-electron chi connectivity index (χ4n) is 0.873. The molecule has 60 valence electrons. The molecule has 0 aromatic heterocycles. The van der Waals surface area contributed by atoms with Crippen LogP contribution in [0.4, 0.5) is 0 Å². The molecule has 0 aromatic rings. The van der Waals surface area contributed by atoms with Crippen molar-refractivity contribution in [3.05, 3.63) is 0 Å². The first kappa shape index (κ1) is 15.4. The minimum absolute atomic E-state index is 0. The molecule has 0 aromatic carbocycles. The second kappa shape index (κ2) is 11.9. The predicted molar refractivity (Wildman–Crippen MR) is 53.3 cm³/mol. The fourth-order valence-corrected chi connectivity index (χ4v) is 1.16. The van der Waals surface area contributed by atoms with Crippen molar-refractivity contribution >= 4 is 29.0 Å². The first-order chi connectivity index (χ1) is 4.77. The summed E-state index contributed by atoms with van der Waals surface area (Å²) in [5.41, 5.74) is 0. The van der Waals surface area contributed by atoms with Gasteiger partial charge in [-0.3, -0.25) is 0 Å². The summed E-state index contributed by atoms with van der Waals surface area (Å²) >= 11 is 9.58. The van der Waals surface area contributed by atoms with Gasteiger partial charge in [-0.1, -0.05) is 39.0 Å². The van der Waals surface area contributed by atoms with Gasteiger partial charge in [0.15, 0.2) is 0 Å². The Kier molecular flexibility index (Phi) is 16.7. The Morgan fingerprint density at radius 2 is 1.73 bits per heavy atom. The molecule has 0 radical (unpaired) electrons. The second-order valence-electron chi connectivity index (χ2n) is 2.54. The van der Waals surface area contributed by atoms with E-state index in [1.165, 1.54) is 32.1 Å². The fraction of sp³-hybridized carbons (Fsp3) is 0.875. The van der Waals surface area contributed by atoms with Gasteiger partial charge in [-0.25, -0.2) is 0 Å². The van der Waals surface area contributed by atoms with Crippen molar-refractivity contribution in [2.75, 3.05) is 0 Å². The third kappa shape index (κ3) is 14.8. The van der Waals surface area contributed by atoms with Gasteiger partial charge >= 0.3 is 51.4 Å². The minimum atomic E-state index is 0. The van der Waals surface area contributed by atoms with Crippen LogP contribution in [0.5, 0.6) is 0 Å². The van der Waals surface area contributed by atoms with Crippen molar-refractivity contribution in [3.8, 4) is 0 Å². The van der Waals surface area contributed by atoms with Crippen LogP contribution in [0.1, 0.15) is 45.4 Å². The van der Waals surface area contributed by atoms with E-state index in [1.54, 1.807) is 0 Å². The molecule has 0 saturated carbocycles. The molecular formula is C8H15KS2. The van der Waals surface area contributed by atoms with Crippen molar-refractivity contribution in [3.63, 3.8) is 0 Å². The number of rotatable bonds is 6. The van der Waals surface area contributed by atoms with Gasteiger partial charge in [-0.05, 0) is 6.42 Å². The minimum Gasteiger partial charge on any atom is -0.433 e. The summed E-state index contributed by atoms with van der Waals surface area (Å²) in [4.78, 5) is 0. The average Bonchev–Trinajstić information content (AvgIpc) is 1.87. The van der Waals surface area contributed by atoms with Crippen LogP contribution in [0.25, 0.3) is 0 Å². The van der Waals surface area contributed by atoms with E-state index in [1.807, 2.05) is 0 Å².